The molecule has 1 amide bonds. The molecule has 1 saturated heterocycles. The molecule has 2 aromatic heterocycles. The number of rotatable bonds is 5. The van der Waals surface area contributed by atoms with Crippen LogP contribution >= 0.6 is 0 Å². The van der Waals surface area contributed by atoms with E-state index in [-0.39, 0.29) is 17.6 Å². The molecule has 3 heterocycles. The summed E-state index contributed by atoms with van der Waals surface area (Å²) in [6.07, 6.45) is 6.87. The summed E-state index contributed by atoms with van der Waals surface area (Å²) < 4.78 is 19.1. The molecule has 0 spiro atoms. The first-order chi connectivity index (χ1) is 13.2. The Kier molecular flexibility index (Phi) is 4.87. The van der Waals surface area contributed by atoms with Gasteiger partial charge in [-0.3, -0.25) is 4.79 Å². The van der Waals surface area contributed by atoms with E-state index in [1.165, 1.54) is 24.7 Å². The zero-order valence-corrected chi connectivity index (χ0v) is 15.2. The van der Waals surface area contributed by atoms with Gasteiger partial charge in [-0.1, -0.05) is 0 Å². The minimum atomic E-state index is -0.572. The summed E-state index contributed by atoms with van der Waals surface area (Å²) in [5.41, 5.74) is -0.101. The van der Waals surface area contributed by atoms with Gasteiger partial charge in [-0.05, 0) is 37.8 Å². The zero-order chi connectivity index (χ0) is 18.8. The number of nitrogens with zero attached hydrogens (tertiary/aromatic N) is 5. The molecule has 7 nitrogen and oxygen atoms in total. The van der Waals surface area contributed by atoms with Gasteiger partial charge in [-0.25, -0.2) is 19.3 Å². The monoisotopic (exact) mass is 371 g/mol. The molecule has 1 aliphatic heterocycles. The van der Waals surface area contributed by atoms with Gasteiger partial charge in [0.05, 0.1) is 7.11 Å². The average molecular weight is 371 g/mol. The summed E-state index contributed by atoms with van der Waals surface area (Å²) in [5.74, 6) is 0.499. The number of pyridine rings is 1. The molecular formula is C19H22FN5O2. The highest BCUT2D eigenvalue weighted by molar-refractivity contribution is 5.92. The number of amides is 1. The van der Waals surface area contributed by atoms with Gasteiger partial charge in [-0.15, -0.1) is 0 Å². The van der Waals surface area contributed by atoms with Gasteiger partial charge in [0, 0.05) is 37.4 Å². The highest BCUT2D eigenvalue weighted by Gasteiger charge is 2.37. The molecule has 1 saturated carbocycles. The van der Waals surface area contributed by atoms with Crippen LogP contribution in [-0.2, 0) is 0 Å². The Hall–Kier alpha value is -2.77. The Labute approximate surface area is 157 Å². The van der Waals surface area contributed by atoms with Crippen molar-refractivity contribution in [2.24, 2.45) is 0 Å². The Bertz CT molecular complexity index is 821. The first-order valence-corrected chi connectivity index (χ1v) is 9.21. The number of halogens is 1. The number of hydrogen-bond donors (Lipinski definition) is 0. The molecule has 2 aliphatic rings. The molecule has 4 rings (SSSR count). The predicted octanol–water partition coefficient (Wildman–Crippen LogP) is 2.29. The highest BCUT2D eigenvalue weighted by Crippen LogP contribution is 2.36. The van der Waals surface area contributed by atoms with Gasteiger partial charge in [-0.2, -0.15) is 0 Å². The molecule has 1 aliphatic carbocycles. The number of anilines is 1. The molecule has 2 fully saturated rings. The van der Waals surface area contributed by atoms with E-state index in [1.54, 1.807) is 12.0 Å². The average Bonchev–Trinajstić information content (AvgIpc) is 3.54. The van der Waals surface area contributed by atoms with E-state index in [4.69, 9.17) is 4.74 Å². The van der Waals surface area contributed by atoms with Crippen LogP contribution in [0.15, 0.2) is 30.7 Å². The molecular weight excluding hydrogens is 349 g/mol. The normalized spacial score (nSPS) is 17.6. The zero-order valence-electron chi connectivity index (χ0n) is 15.2. The van der Waals surface area contributed by atoms with Gasteiger partial charge in [0.25, 0.3) is 5.91 Å². The number of carbonyl (C=O) groups is 1. The van der Waals surface area contributed by atoms with Crippen LogP contribution in [0.5, 0.6) is 5.88 Å². The molecule has 0 radical (unpaired) electrons. The van der Waals surface area contributed by atoms with E-state index >= 15 is 0 Å². The van der Waals surface area contributed by atoms with Crippen LogP contribution < -0.4 is 9.64 Å². The number of piperidine rings is 1. The summed E-state index contributed by atoms with van der Waals surface area (Å²) in [6, 6.07) is 5.38. The molecule has 142 valence electrons. The summed E-state index contributed by atoms with van der Waals surface area (Å²) in [4.78, 5) is 29.0. The SMILES string of the molecule is COc1cc(N(C2CC2)C2CCN(C(=O)c3ncccc3F)CC2)ncn1. The van der Waals surface area contributed by atoms with Crippen molar-refractivity contribution in [3.63, 3.8) is 0 Å². The molecule has 27 heavy (non-hydrogen) atoms. The van der Waals surface area contributed by atoms with E-state index in [9.17, 15) is 9.18 Å². The fourth-order valence-corrected chi connectivity index (χ4v) is 3.65. The van der Waals surface area contributed by atoms with Crippen LogP contribution in [0.2, 0.25) is 0 Å². The number of hydrogen-bond acceptors (Lipinski definition) is 6. The van der Waals surface area contributed by atoms with Crippen LogP contribution in [-0.4, -0.2) is 58.0 Å². The van der Waals surface area contributed by atoms with Crippen molar-refractivity contribution in [1.82, 2.24) is 19.9 Å². The third-order valence-corrected chi connectivity index (χ3v) is 5.15. The maximum Gasteiger partial charge on any atom is 0.275 e. The third-order valence-electron chi connectivity index (χ3n) is 5.15. The van der Waals surface area contributed by atoms with Crippen molar-refractivity contribution < 1.29 is 13.9 Å². The van der Waals surface area contributed by atoms with Crippen molar-refractivity contribution in [2.45, 2.75) is 37.8 Å². The van der Waals surface area contributed by atoms with Crippen LogP contribution in [0, 0.1) is 5.82 Å². The quantitative estimate of drug-likeness (QED) is 0.803. The van der Waals surface area contributed by atoms with Gasteiger partial charge in [0.15, 0.2) is 11.5 Å². The molecule has 0 N–H and O–H groups in total. The summed E-state index contributed by atoms with van der Waals surface area (Å²) >= 11 is 0. The molecule has 0 unspecified atom stereocenters. The number of methoxy groups -OCH3 is 1. The van der Waals surface area contributed by atoms with Gasteiger partial charge >= 0.3 is 0 Å². The van der Waals surface area contributed by atoms with Crippen molar-refractivity contribution in [3.8, 4) is 5.88 Å². The Morgan fingerprint density at radius 1 is 1.19 bits per heavy atom. The lowest BCUT2D eigenvalue weighted by Gasteiger charge is -2.39. The smallest absolute Gasteiger partial charge is 0.275 e. The molecule has 2 aromatic rings. The van der Waals surface area contributed by atoms with Crippen LogP contribution in [0.1, 0.15) is 36.2 Å². The minimum Gasteiger partial charge on any atom is -0.481 e. The van der Waals surface area contributed by atoms with E-state index < -0.39 is 5.82 Å². The second kappa shape index (κ2) is 7.46. The molecule has 0 atom stereocenters. The third kappa shape index (κ3) is 3.70. The topological polar surface area (TPSA) is 71.5 Å². The number of likely N-dealkylation sites (tertiary alicyclic amines) is 1. The second-order valence-corrected chi connectivity index (χ2v) is 6.91. The first-order valence-electron chi connectivity index (χ1n) is 9.21. The lowest BCUT2D eigenvalue weighted by atomic mass is 10.0. The van der Waals surface area contributed by atoms with Crippen LogP contribution in [0.25, 0.3) is 0 Å². The second-order valence-electron chi connectivity index (χ2n) is 6.91. The largest absolute Gasteiger partial charge is 0.481 e. The number of carbonyl (C=O) groups excluding carboxylic acids is 1. The Morgan fingerprint density at radius 3 is 2.59 bits per heavy atom. The predicted molar refractivity (Wildman–Crippen MR) is 97.2 cm³/mol. The summed E-state index contributed by atoms with van der Waals surface area (Å²) in [7, 11) is 1.59. The van der Waals surface area contributed by atoms with Gasteiger partial charge in [0.1, 0.15) is 12.1 Å². The van der Waals surface area contributed by atoms with Crippen LogP contribution in [0.4, 0.5) is 10.2 Å². The number of aromatic nitrogens is 3. The lowest BCUT2D eigenvalue weighted by Crippen LogP contribution is -2.48. The molecule has 8 heteroatoms. The van der Waals surface area contributed by atoms with E-state index in [0.717, 1.165) is 31.5 Å². The van der Waals surface area contributed by atoms with Crippen molar-refractivity contribution in [1.29, 1.82) is 0 Å². The fraction of sp³-hybridized carbons (Fsp3) is 0.474. The summed E-state index contributed by atoms with van der Waals surface area (Å²) in [5, 5.41) is 0. The van der Waals surface area contributed by atoms with Gasteiger partial charge in [0.2, 0.25) is 5.88 Å². The van der Waals surface area contributed by atoms with Crippen molar-refractivity contribution in [2.75, 3.05) is 25.1 Å². The van der Waals surface area contributed by atoms with Crippen LogP contribution in [0.3, 0.4) is 0 Å². The van der Waals surface area contributed by atoms with Crippen molar-refractivity contribution >= 4 is 11.7 Å². The highest BCUT2D eigenvalue weighted by atomic mass is 19.1. The fourth-order valence-electron chi connectivity index (χ4n) is 3.65. The Morgan fingerprint density at radius 2 is 1.93 bits per heavy atom. The Balaban J connectivity index is 1.46. The first kappa shape index (κ1) is 17.6. The maximum atomic E-state index is 13.9. The minimum absolute atomic E-state index is 0.101. The number of ether oxygens (including phenoxy) is 1. The van der Waals surface area contributed by atoms with Gasteiger partial charge < -0.3 is 14.5 Å². The molecule has 0 bridgehead atoms. The summed E-state index contributed by atoms with van der Waals surface area (Å²) in [6.45, 7) is 1.15. The van der Waals surface area contributed by atoms with E-state index in [1.807, 2.05) is 6.07 Å². The van der Waals surface area contributed by atoms with E-state index in [0.29, 0.717) is 25.0 Å². The van der Waals surface area contributed by atoms with Crippen molar-refractivity contribution in [3.05, 3.63) is 42.2 Å². The lowest BCUT2D eigenvalue weighted by molar-refractivity contribution is 0.0700. The molecule has 0 aromatic carbocycles. The standard InChI is InChI=1S/C19H22FN5O2/c1-27-17-11-16(22-12-23-17)25(13-4-5-13)14-6-9-24(10-7-14)19(26)18-15(20)3-2-8-21-18/h2-3,8,11-14H,4-7,9-10H2,1H3. The van der Waals surface area contributed by atoms with E-state index in [2.05, 4.69) is 19.9 Å². The maximum absolute atomic E-state index is 13.9.